The van der Waals surface area contributed by atoms with Gasteiger partial charge in [-0.25, -0.2) is 4.79 Å². The highest BCUT2D eigenvalue weighted by atomic mass is 19.4. The van der Waals surface area contributed by atoms with Crippen LogP contribution < -0.4 is 0 Å². The lowest BCUT2D eigenvalue weighted by Gasteiger charge is -2.07. The van der Waals surface area contributed by atoms with E-state index in [1.807, 2.05) is 0 Å². The molecular formula is C11H7F3O4. The second-order valence-corrected chi connectivity index (χ2v) is 3.28. The quantitative estimate of drug-likeness (QED) is 0.496. The molecular weight excluding hydrogens is 253 g/mol. The third kappa shape index (κ3) is 3.34. The highest BCUT2D eigenvalue weighted by Gasteiger charge is 2.30. The molecule has 0 atom stereocenters. The number of aliphatic carboxylic acids is 1. The van der Waals surface area contributed by atoms with Crippen LogP contribution in [0.25, 0.3) is 5.76 Å². The largest absolute Gasteiger partial charge is 0.507 e. The summed E-state index contributed by atoms with van der Waals surface area (Å²) < 4.78 is 37.1. The van der Waals surface area contributed by atoms with Crippen molar-refractivity contribution in [2.75, 3.05) is 0 Å². The number of alkyl halides is 3. The summed E-state index contributed by atoms with van der Waals surface area (Å²) in [4.78, 5) is 21.0. The molecule has 0 aliphatic rings. The van der Waals surface area contributed by atoms with Crippen LogP contribution in [-0.4, -0.2) is 22.0 Å². The zero-order valence-corrected chi connectivity index (χ0v) is 8.73. The number of halogens is 3. The lowest BCUT2D eigenvalue weighted by molar-refractivity contribution is -0.146. The van der Waals surface area contributed by atoms with Crippen molar-refractivity contribution < 1.29 is 33.0 Å². The molecule has 0 saturated heterocycles. The molecule has 0 bridgehead atoms. The third-order valence-corrected chi connectivity index (χ3v) is 1.96. The summed E-state index contributed by atoms with van der Waals surface area (Å²) in [5, 5.41) is 17.6. The maximum Gasteiger partial charge on any atom is 0.416 e. The number of hydrogen-bond donors (Lipinski definition) is 2. The maximum absolute atomic E-state index is 12.4. The molecule has 4 nitrogen and oxygen atoms in total. The van der Waals surface area contributed by atoms with Crippen molar-refractivity contribution in [3.63, 3.8) is 0 Å². The average molecular weight is 260 g/mol. The standard InChI is InChI=1S/C11H7F3O4/c12-11(13,14)7-3-1-2-6(4-7)8(15)5-9(16)10(17)18/h1-5,15H,(H,17,18)/b8-5-. The minimum Gasteiger partial charge on any atom is -0.507 e. The van der Waals surface area contributed by atoms with E-state index in [0.29, 0.717) is 12.1 Å². The van der Waals surface area contributed by atoms with Crippen molar-refractivity contribution in [1.29, 1.82) is 0 Å². The fourth-order valence-electron chi connectivity index (χ4n) is 1.12. The Morgan fingerprint density at radius 3 is 2.28 bits per heavy atom. The number of carbonyl (C=O) groups excluding carboxylic acids is 1. The smallest absolute Gasteiger partial charge is 0.416 e. The SMILES string of the molecule is O=C(O)C(=O)/C=C(\O)c1cccc(C(F)(F)F)c1. The summed E-state index contributed by atoms with van der Waals surface area (Å²) in [5.41, 5.74) is -1.30. The van der Waals surface area contributed by atoms with Crippen LogP contribution in [0.1, 0.15) is 11.1 Å². The fraction of sp³-hybridized carbons (Fsp3) is 0.0909. The fourth-order valence-corrected chi connectivity index (χ4v) is 1.12. The lowest BCUT2D eigenvalue weighted by Crippen LogP contribution is -2.10. The number of carboxylic acids is 1. The molecule has 0 amide bonds. The molecule has 0 aliphatic carbocycles. The predicted molar refractivity (Wildman–Crippen MR) is 54.7 cm³/mol. The van der Waals surface area contributed by atoms with Crippen molar-refractivity contribution in [2.24, 2.45) is 0 Å². The Labute approximate surface area is 99.0 Å². The number of aliphatic hydroxyl groups excluding tert-OH is 1. The van der Waals surface area contributed by atoms with Crippen LogP contribution in [0.3, 0.4) is 0 Å². The molecule has 1 rings (SSSR count). The summed E-state index contributed by atoms with van der Waals surface area (Å²) in [5.74, 6) is -4.08. The van der Waals surface area contributed by atoms with Gasteiger partial charge < -0.3 is 10.2 Å². The number of ketones is 1. The van der Waals surface area contributed by atoms with Crippen LogP contribution in [0.15, 0.2) is 30.3 Å². The van der Waals surface area contributed by atoms with E-state index in [2.05, 4.69) is 0 Å². The summed E-state index contributed by atoms with van der Waals surface area (Å²) in [6.07, 6.45) is -4.25. The molecule has 0 unspecified atom stereocenters. The first-order valence-electron chi connectivity index (χ1n) is 4.57. The van der Waals surface area contributed by atoms with E-state index in [9.17, 15) is 27.9 Å². The Morgan fingerprint density at radius 1 is 1.17 bits per heavy atom. The second-order valence-electron chi connectivity index (χ2n) is 3.28. The van der Waals surface area contributed by atoms with E-state index in [-0.39, 0.29) is 5.56 Å². The Bertz CT molecular complexity index is 517. The first kappa shape index (κ1) is 13.8. The highest BCUT2D eigenvalue weighted by molar-refractivity contribution is 6.38. The Kier molecular flexibility index (Phi) is 3.75. The van der Waals surface area contributed by atoms with Gasteiger partial charge in [0.1, 0.15) is 5.76 Å². The van der Waals surface area contributed by atoms with Crippen molar-refractivity contribution in [3.8, 4) is 0 Å². The van der Waals surface area contributed by atoms with E-state index in [1.54, 1.807) is 0 Å². The zero-order chi connectivity index (χ0) is 13.9. The van der Waals surface area contributed by atoms with Gasteiger partial charge in [0.25, 0.3) is 5.78 Å². The van der Waals surface area contributed by atoms with Gasteiger partial charge in [-0.3, -0.25) is 4.79 Å². The van der Waals surface area contributed by atoms with Crippen molar-refractivity contribution in [2.45, 2.75) is 6.18 Å². The van der Waals surface area contributed by atoms with Crippen LogP contribution >= 0.6 is 0 Å². The summed E-state index contributed by atoms with van der Waals surface area (Å²) in [6, 6.07) is 3.56. The molecule has 2 N–H and O–H groups in total. The second kappa shape index (κ2) is 4.91. The van der Waals surface area contributed by atoms with Crippen LogP contribution in [0.5, 0.6) is 0 Å². The summed E-state index contributed by atoms with van der Waals surface area (Å²) in [6.45, 7) is 0. The van der Waals surface area contributed by atoms with Gasteiger partial charge in [0, 0.05) is 11.6 Å². The van der Waals surface area contributed by atoms with Gasteiger partial charge in [-0.15, -0.1) is 0 Å². The third-order valence-electron chi connectivity index (χ3n) is 1.96. The Hall–Kier alpha value is -2.31. The highest BCUT2D eigenvalue weighted by Crippen LogP contribution is 2.30. The molecule has 0 heterocycles. The molecule has 0 saturated carbocycles. The molecule has 96 valence electrons. The molecule has 0 spiro atoms. The first-order valence-corrected chi connectivity index (χ1v) is 4.57. The van der Waals surface area contributed by atoms with Gasteiger partial charge >= 0.3 is 12.1 Å². The normalized spacial score (nSPS) is 12.3. The molecule has 0 aliphatic heterocycles. The number of aliphatic hydroxyl groups is 1. The van der Waals surface area contributed by atoms with Crippen LogP contribution in [0, 0.1) is 0 Å². The first-order chi connectivity index (χ1) is 8.21. The molecule has 0 radical (unpaired) electrons. The van der Waals surface area contributed by atoms with Crippen molar-refractivity contribution in [3.05, 3.63) is 41.5 Å². The number of carboxylic acid groups (broad SMARTS) is 1. The summed E-state index contributed by atoms with van der Waals surface area (Å²) in [7, 11) is 0. The van der Waals surface area contributed by atoms with Crippen LogP contribution in [-0.2, 0) is 15.8 Å². The van der Waals surface area contributed by atoms with Crippen molar-refractivity contribution >= 4 is 17.5 Å². The monoisotopic (exact) mass is 260 g/mol. The van der Waals surface area contributed by atoms with Gasteiger partial charge in [-0.1, -0.05) is 12.1 Å². The van der Waals surface area contributed by atoms with Gasteiger partial charge in [0.05, 0.1) is 5.56 Å². The maximum atomic E-state index is 12.4. The van der Waals surface area contributed by atoms with Crippen LogP contribution in [0.2, 0.25) is 0 Å². The van der Waals surface area contributed by atoms with E-state index in [1.165, 1.54) is 0 Å². The Morgan fingerprint density at radius 2 is 1.78 bits per heavy atom. The van der Waals surface area contributed by atoms with Crippen molar-refractivity contribution in [1.82, 2.24) is 0 Å². The number of hydrogen-bond acceptors (Lipinski definition) is 3. The lowest BCUT2D eigenvalue weighted by atomic mass is 10.1. The van der Waals surface area contributed by atoms with Gasteiger partial charge in [0.2, 0.25) is 0 Å². The van der Waals surface area contributed by atoms with E-state index < -0.39 is 29.3 Å². The minimum atomic E-state index is -4.59. The number of carbonyl (C=O) groups is 2. The Balaban J connectivity index is 3.11. The van der Waals surface area contributed by atoms with Crippen LogP contribution in [0.4, 0.5) is 13.2 Å². The van der Waals surface area contributed by atoms with E-state index in [4.69, 9.17) is 5.11 Å². The summed E-state index contributed by atoms with van der Waals surface area (Å²) >= 11 is 0. The number of rotatable bonds is 3. The molecule has 0 fully saturated rings. The van der Waals surface area contributed by atoms with Gasteiger partial charge in [-0.05, 0) is 12.1 Å². The van der Waals surface area contributed by atoms with E-state index in [0.717, 1.165) is 18.2 Å². The predicted octanol–water partition coefficient (Wildman–Crippen LogP) is 2.26. The molecule has 0 aromatic heterocycles. The van der Waals surface area contributed by atoms with Gasteiger partial charge in [0.15, 0.2) is 0 Å². The molecule has 1 aromatic carbocycles. The molecule has 7 heteroatoms. The molecule has 18 heavy (non-hydrogen) atoms. The molecule has 1 aromatic rings. The zero-order valence-electron chi connectivity index (χ0n) is 8.73. The topological polar surface area (TPSA) is 74.6 Å². The van der Waals surface area contributed by atoms with E-state index >= 15 is 0 Å². The number of benzene rings is 1. The average Bonchev–Trinajstić information content (AvgIpc) is 2.27. The minimum absolute atomic E-state index is 0.292. The van der Waals surface area contributed by atoms with Gasteiger partial charge in [-0.2, -0.15) is 13.2 Å².